The maximum absolute atomic E-state index is 10.9. The maximum Gasteiger partial charge on any atom is 0.240 e. The van der Waals surface area contributed by atoms with E-state index < -0.39 is 6.10 Å². The number of hydrogen-bond donors (Lipinski definition) is 1. The molecular weight excluding hydrogens is 164 g/mol. The van der Waals surface area contributed by atoms with Gasteiger partial charge in [-0.25, -0.2) is 0 Å². The monoisotopic (exact) mass is 176 g/mol. The number of allylic oxidation sites excluding steroid dienone is 1. The molecule has 0 radical (unpaired) electrons. The predicted molar refractivity (Wildman–Crippen MR) is 45.9 cm³/mol. The molecule has 0 aromatic rings. The van der Waals surface area contributed by atoms with Crippen molar-refractivity contribution >= 4 is 19.3 Å². The Morgan fingerprint density at radius 3 is 2.36 bits per heavy atom. The van der Waals surface area contributed by atoms with Crippen LogP contribution in [0.3, 0.4) is 0 Å². The van der Waals surface area contributed by atoms with Gasteiger partial charge in [-0.2, -0.15) is 13.5 Å². The molecule has 0 spiro atoms. The average molecular weight is 176 g/mol. The maximum atomic E-state index is 10.9. The molecule has 0 aliphatic carbocycles. The summed E-state index contributed by atoms with van der Waals surface area (Å²) >= 11 is 0. The molecule has 1 N–H and O–H groups in total. The molecular formula is C7H12O3S. The zero-order valence-electron chi connectivity index (χ0n) is 6.55. The van der Waals surface area contributed by atoms with Crippen molar-refractivity contribution in [2.45, 2.75) is 26.4 Å². The van der Waals surface area contributed by atoms with Gasteiger partial charge in [-0.1, -0.05) is 6.92 Å². The zero-order chi connectivity index (χ0) is 7.72. The van der Waals surface area contributed by atoms with Crippen LogP contribution >= 0.6 is 13.5 Å². The number of ether oxygens (including phenoxy) is 1. The highest BCUT2D eigenvalue weighted by Crippen LogP contribution is 2.20. The van der Waals surface area contributed by atoms with E-state index in [0.717, 1.165) is 0 Å². The van der Waals surface area contributed by atoms with Crippen LogP contribution in [0, 0.1) is 0 Å². The van der Waals surface area contributed by atoms with Crippen molar-refractivity contribution in [2.24, 2.45) is 0 Å². The minimum atomic E-state index is -0.444. The molecule has 11 heavy (non-hydrogen) atoms. The van der Waals surface area contributed by atoms with E-state index in [4.69, 9.17) is 9.84 Å². The van der Waals surface area contributed by atoms with E-state index in [2.05, 4.69) is 0 Å². The summed E-state index contributed by atoms with van der Waals surface area (Å²) in [4.78, 5) is 10.9. The summed E-state index contributed by atoms with van der Waals surface area (Å²) in [5, 5.41) is 8.97. The van der Waals surface area contributed by atoms with Gasteiger partial charge < -0.3 is 9.84 Å². The molecule has 0 fully saturated rings. The first kappa shape index (κ1) is 10.4. The molecule has 0 saturated carbocycles. The van der Waals surface area contributed by atoms with Crippen molar-refractivity contribution in [3.05, 3.63) is 11.5 Å². The first-order chi connectivity index (χ1) is 4.66. The number of rotatable bonds is 1. The fourth-order valence-corrected chi connectivity index (χ4v) is 0.917. The number of aliphatic hydroxyl groups excluding tert-OH is 1. The second-order valence-electron chi connectivity index (χ2n) is 2.28. The Hall–Kier alpha value is -0.640. The summed E-state index contributed by atoms with van der Waals surface area (Å²) in [6.07, 6.45) is 0.167. The average Bonchev–Trinajstić information content (AvgIpc) is 2.17. The molecule has 1 aliphatic rings. The number of carbonyl (C=O) groups excluding carboxylic acids is 1. The van der Waals surface area contributed by atoms with Gasteiger partial charge in [-0.15, -0.1) is 0 Å². The summed E-state index contributed by atoms with van der Waals surface area (Å²) in [6.45, 7) is 3.43. The first-order valence-electron chi connectivity index (χ1n) is 3.27. The van der Waals surface area contributed by atoms with E-state index in [-0.39, 0.29) is 25.0 Å². The van der Waals surface area contributed by atoms with Crippen LogP contribution in [0.25, 0.3) is 0 Å². The van der Waals surface area contributed by atoms with Crippen molar-refractivity contribution in [2.75, 3.05) is 0 Å². The Bertz CT molecular complexity index is 198. The van der Waals surface area contributed by atoms with Crippen LogP contribution < -0.4 is 0 Å². The lowest BCUT2D eigenvalue weighted by Crippen LogP contribution is -2.16. The van der Waals surface area contributed by atoms with E-state index in [1.807, 2.05) is 6.92 Å². The summed E-state index contributed by atoms with van der Waals surface area (Å²) in [6, 6.07) is 0. The van der Waals surface area contributed by atoms with Gasteiger partial charge in [0.2, 0.25) is 11.5 Å². The molecule has 0 unspecified atom stereocenters. The van der Waals surface area contributed by atoms with Gasteiger partial charge in [0.25, 0.3) is 0 Å². The van der Waals surface area contributed by atoms with E-state index >= 15 is 0 Å². The second-order valence-corrected chi connectivity index (χ2v) is 2.28. The van der Waals surface area contributed by atoms with Gasteiger partial charge in [0.1, 0.15) is 5.76 Å². The SMILES string of the molecule is CC[C@@H]1OC(C)=C(O)C1=O.S. The van der Waals surface area contributed by atoms with Crippen molar-refractivity contribution in [1.82, 2.24) is 0 Å². The third-order valence-corrected chi connectivity index (χ3v) is 1.55. The third-order valence-electron chi connectivity index (χ3n) is 1.55. The molecule has 1 atom stereocenters. The van der Waals surface area contributed by atoms with Gasteiger partial charge in [-0.05, 0) is 13.3 Å². The Kier molecular flexibility index (Phi) is 3.45. The van der Waals surface area contributed by atoms with Crippen molar-refractivity contribution < 1.29 is 14.6 Å². The summed E-state index contributed by atoms with van der Waals surface area (Å²) in [5.41, 5.74) is 0. The topological polar surface area (TPSA) is 46.5 Å². The summed E-state index contributed by atoms with van der Waals surface area (Å²) in [7, 11) is 0. The van der Waals surface area contributed by atoms with Crippen LogP contribution in [0.1, 0.15) is 20.3 Å². The number of Topliss-reactive ketones (excluding diaryl/α,β-unsaturated/α-hetero) is 1. The number of hydrogen-bond acceptors (Lipinski definition) is 3. The number of ketones is 1. The predicted octanol–water partition coefficient (Wildman–Crippen LogP) is 1.27. The quantitative estimate of drug-likeness (QED) is 0.654. The highest BCUT2D eigenvalue weighted by atomic mass is 32.1. The minimum absolute atomic E-state index is 0. The largest absolute Gasteiger partial charge is 0.502 e. The summed E-state index contributed by atoms with van der Waals surface area (Å²) in [5.74, 6) is -0.163. The summed E-state index contributed by atoms with van der Waals surface area (Å²) < 4.78 is 5.02. The van der Waals surface area contributed by atoms with Crippen LogP contribution in [-0.4, -0.2) is 17.0 Å². The Morgan fingerprint density at radius 1 is 1.64 bits per heavy atom. The van der Waals surface area contributed by atoms with Gasteiger partial charge in [0, 0.05) is 0 Å². The van der Waals surface area contributed by atoms with Crippen molar-refractivity contribution in [3.8, 4) is 0 Å². The number of carbonyl (C=O) groups is 1. The Morgan fingerprint density at radius 2 is 2.18 bits per heavy atom. The Labute approximate surface area is 72.5 Å². The fraction of sp³-hybridized carbons (Fsp3) is 0.571. The lowest BCUT2D eigenvalue weighted by Gasteiger charge is -2.04. The van der Waals surface area contributed by atoms with Gasteiger partial charge in [-0.3, -0.25) is 4.79 Å². The standard InChI is InChI=1S/C7H10O3.H2S/c1-3-5-7(9)6(8)4(2)10-5;/h5,8H,3H2,1-2H3;1H2/t5-;/m0./s1. The van der Waals surface area contributed by atoms with Crippen molar-refractivity contribution in [3.63, 3.8) is 0 Å². The molecule has 0 aromatic carbocycles. The van der Waals surface area contributed by atoms with Crippen LogP contribution in [-0.2, 0) is 9.53 Å². The van der Waals surface area contributed by atoms with Crippen LogP contribution in [0.2, 0.25) is 0 Å². The molecule has 1 rings (SSSR count). The third kappa shape index (κ3) is 1.68. The van der Waals surface area contributed by atoms with Crippen LogP contribution in [0.4, 0.5) is 0 Å². The van der Waals surface area contributed by atoms with Crippen molar-refractivity contribution in [1.29, 1.82) is 0 Å². The van der Waals surface area contributed by atoms with Crippen LogP contribution in [0.15, 0.2) is 11.5 Å². The normalized spacial score (nSPS) is 23.1. The lowest BCUT2D eigenvalue weighted by molar-refractivity contribution is -0.123. The smallest absolute Gasteiger partial charge is 0.240 e. The highest BCUT2D eigenvalue weighted by Gasteiger charge is 2.31. The first-order valence-corrected chi connectivity index (χ1v) is 3.27. The van der Waals surface area contributed by atoms with E-state index in [0.29, 0.717) is 12.2 Å². The van der Waals surface area contributed by atoms with E-state index in [1.54, 1.807) is 6.92 Å². The molecule has 0 saturated heterocycles. The molecule has 64 valence electrons. The van der Waals surface area contributed by atoms with Gasteiger partial charge in [0.05, 0.1) is 0 Å². The second kappa shape index (κ2) is 3.67. The highest BCUT2D eigenvalue weighted by molar-refractivity contribution is 7.59. The fourth-order valence-electron chi connectivity index (χ4n) is 0.917. The molecule has 3 nitrogen and oxygen atoms in total. The van der Waals surface area contributed by atoms with Gasteiger partial charge in [0.15, 0.2) is 6.10 Å². The Balaban J connectivity index is 0.000001000. The van der Waals surface area contributed by atoms with E-state index in [9.17, 15) is 4.79 Å². The molecule has 1 aliphatic heterocycles. The molecule has 0 amide bonds. The molecule has 0 bridgehead atoms. The minimum Gasteiger partial charge on any atom is -0.502 e. The molecule has 0 aromatic heterocycles. The number of aliphatic hydroxyl groups is 1. The zero-order valence-corrected chi connectivity index (χ0v) is 7.55. The van der Waals surface area contributed by atoms with E-state index in [1.165, 1.54) is 0 Å². The lowest BCUT2D eigenvalue weighted by atomic mass is 10.2. The molecule has 1 heterocycles. The van der Waals surface area contributed by atoms with Gasteiger partial charge >= 0.3 is 0 Å². The molecule has 4 heteroatoms. The van der Waals surface area contributed by atoms with Crippen LogP contribution in [0.5, 0.6) is 0 Å².